The lowest BCUT2D eigenvalue weighted by atomic mass is 10.1. The summed E-state index contributed by atoms with van der Waals surface area (Å²) in [4.78, 5) is 13.1. The molecule has 0 unspecified atom stereocenters. The van der Waals surface area contributed by atoms with Crippen LogP contribution < -0.4 is 15.0 Å². The van der Waals surface area contributed by atoms with Gasteiger partial charge in [-0.25, -0.2) is 4.39 Å². The van der Waals surface area contributed by atoms with Gasteiger partial charge in [0.1, 0.15) is 30.6 Å². The minimum absolute atomic E-state index is 0.273. The number of hydrogen-bond acceptors (Lipinski definition) is 5. The van der Waals surface area contributed by atoms with E-state index in [1.165, 1.54) is 12.1 Å². The highest BCUT2D eigenvalue weighted by Crippen LogP contribution is 2.32. The molecule has 1 aliphatic rings. The van der Waals surface area contributed by atoms with Crippen LogP contribution in [0.5, 0.6) is 5.75 Å². The van der Waals surface area contributed by atoms with Gasteiger partial charge in [-0.15, -0.1) is 0 Å². The molecular formula is C21H25FN2O3. The van der Waals surface area contributed by atoms with Crippen LogP contribution in [0.2, 0.25) is 0 Å². The lowest BCUT2D eigenvalue weighted by molar-refractivity contribution is -0.116. The van der Waals surface area contributed by atoms with Crippen LogP contribution in [0.15, 0.2) is 42.5 Å². The summed E-state index contributed by atoms with van der Waals surface area (Å²) in [7, 11) is 1.54. The molecule has 2 aromatic carbocycles. The molecule has 27 heavy (non-hydrogen) atoms. The molecule has 1 atom stereocenters. The molecule has 2 aromatic rings. The molecule has 0 fully saturated rings. The smallest absolute Gasteiger partial charge is 0.149 e. The number of ether oxygens (including phenoxy) is 2. The van der Waals surface area contributed by atoms with Crippen molar-refractivity contribution in [2.75, 3.05) is 43.6 Å². The Morgan fingerprint density at radius 3 is 2.85 bits per heavy atom. The first-order valence-corrected chi connectivity index (χ1v) is 9.18. The van der Waals surface area contributed by atoms with Gasteiger partial charge < -0.3 is 24.5 Å². The van der Waals surface area contributed by atoms with Crippen molar-refractivity contribution in [3.8, 4) is 5.75 Å². The highest BCUT2D eigenvalue weighted by atomic mass is 19.1. The predicted octanol–water partition coefficient (Wildman–Crippen LogP) is 3.28. The van der Waals surface area contributed by atoms with Crippen LogP contribution in [0.3, 0.4) is 0 Å². The van der Waals surface area contributed by atoms with E-state index >= 15 is 0 Å². The molecular weight excluding hydrogens is 347 g/mol. The molecule has 0 aromatic heterocycles. The van der Waals surface area contributed by atoms with Crippen LogP contribution in [0.4, 0.5) is 15.8 Å². The summed E-state index contributed by atoms with van der Waals surface area (Å²) in [5.74, 6) is 0.347. The Kier molecular flexibility index (Phi) is 6.65. The summed E-state index contributed by atoms with van der Waals surface area (Å²) < 4.78 is 23.9. The Morgan fingerprint density at radius 1 is 1.30 bits per heavy atom. The standard InChI is InChI=1S/C21H25FN2O3/c1-26-19(15-25)13-16-3-6-18(7-4-16)23-9-2-10-24-11-12-27-21-14-17(22)5-8-20(21)24/h3-8,14-15,19,23H,2,9-13H2,1H3/t19-/m0/s1. The van der Waals surface area contributed by atoms with Gasteiger partial charge in [0.2, 0.25) is 0 Å². The Labute approximate surface area is 159 Å². The number of anilines is 2. The Hall–Kier alpha value is -2.60. The number of hydrogen-bond donors (Lipinski definition) is 1. The number of nitrogens with one attached hydrogen (secondary N) is 1. The van der Waals surface area contributed by atoms with Crippen molar-refractivity contribution in [2.45, 2.75) is 18.9 Å². The molecule has 0 spiro atoms. The molecule has 1 heterocycles. The third kappa shape index (κ3) is 5.20. The molecule has 0 saturated carbocycles. The molecule has 1 aliphatic heterocycles. The first-order chi connectivity index (χ1) is 13.2. The summed E-state index contributed by atoms with van der Waals surface area (Å²) >= 11 is 0. The van der Waals surface area contributed by atoms with E-state index in [0.717, 1.165) is 49.3 Å². The first kappa shape index (κ1) is 19.2. The largest absolute Gasteiger partial charge is 0.489 e. The van der Waals surface area contributed by atoms with Crippen molar-refractivity contribution in [1.29, 1.82) is 0 Å². The lowest BCUT2D eigenvalue weighted by Gasteiger charge is -2.31. The SMILES string of the molecule is CO[C@H](C=O)Cc1ccc(NCCCN2CCOc3cc(F)ccc32)cc1. The fraction of sp³-hybridized carbons (Fsp3) is 0.381. The summed E-state index contributed by atoms with van der Waals surface area (Å²) in [6.07, 6.45) is 1.96. The van der Waals surface area contributed by atoms with Gasteiger partial charge in [-0.05, 0) is 36.2 Å². The molecule has 6 heteroatoms. The second-order valence-corrected chi connectivity index (χ2v) is 6.54. The number of nitrogens with zero attached hydrogens (tertiary/aromatic N) is 1. The van der Waals surface area contributed by atoms with Crippen LogP contribution >= 0.6 is 0 Å². The average molecular weight is 372 g/mol. The number of halogens is 1. The van der Waals surface area contributed by atoms with Gasteiger partial charge in [-0.1, -0.05) is 12.1 Å². The van der Waals surface area contributed by atoms with E-state index in [2.05, 4.69) is 10.2 Å². The second kappa shape index (κ2) is 9.37. The van der Waals surface area contributed by atoms with E-state index in [0.29, 0.717) is 18.8 Å². The Morgan fingerprint density at radius 2 is 2.11 bits per heavy atom. The van der Waals surface area contributed by atoms with Gasteiger partial charge in [0, 0.05) is 38.4 Å². The molecule has 1 N–H and O–H groups in total. The maximum atomic E-state index is 13.3. The first-order valence-electron chi connectivity index (χ1n) is 9.18. The van der Waals surface area contributed by atoms with E-state index < -0.39 is 6.10 Å². The van der Waals surface area contributed by atoms with Gasteiger partial charge in [-0.2, -0.15) is 0 Å². The lowest BCUT2D eigenvalue weighted by Crippen LogP contribution is -2.34. The van der Waals surface area contributed by atoms with E-state index in [1.807, 2.05) is 24.3 Å². The molecule has 0 aliphatic carbocycles. The highest BCUT2D eigenvalue weighted by molar-refractivity contribution is 5.60. The van der Waals surface area contributed by atoms with Crippen molar-refractivity contribution in [2.24, 2.45) is 0 Å². The van der Waals surface area contributed by atoms with Crippen molar-refractivity contribution >= 4 is 17.7 Å². The molecule has 5 nitrogen and oxygen atoms in total. The zero-order valence-corrected chi connectivity index (χ0v) is 15.5. The minimum atomic E-state index is -0.395. The van der Waals surface area contributed by atoms with Crippen molar-refractivity contribution in [3.63, 3.8) is 0 Å². The number of methoxy groups -OCH3 is 1. The zero-order chi connectivity index (χ0) is 19.1. The highest BCUT2D eigenvalue weighted by Gasteiger charge is 2.18. The third-order valence-corrected chi connectivity index (χ3v) is 4.66. The van der Waals surface area contributed by atoms with Crippen molar-refractivity contribution in [3.05, 3.63) is 53.8 Å². The van der Waals surface area contributed by atoms with E-state index in [1.54, 1.807) is 13.2 Å². The maximum absolute atomic E-state index is 13.3. The van der Waals surface area contributed by atoms with E-state index in [4.69, 9.17) is 9.47 Å². The molecule has 0 radical (unpaired) electrons. The van der Waals surface area contributed by atoms with E-state index in [-0.39, 0.29) is 5.82 Å². The summed E-state index contributed by atoms with van der Waals surface area (Å²) in [6, 6.07) is 12.7. The monoisotopic (exact) mass is 372 g/mol. The number of rotatable bonds is 9. The normalized spacial score (nSPS) is 14.2. The number of aldehydes is 1. The Balaban J connectivity index is 1.45. The zero-order valence-electron chi connectivity index (χ0n) is 15.5. The van der Waals surface area contributed by atoms with Crippen LogP contribution in [-0.2, 0) is 16.0 Å². The fourth-order valence-corrected chi connectivity index (χ4v) is 3.16. The van der Waals surface area contributed by atoms with Gasteiger partial charge in [0.25, 0.3) is 0 Å². The Bertz CT molecular complexity index is 752. The van der Waals surface area contributed by atoms with Gasteiger partial charge >= 0.3 is 0 Å². The van der Waals surface area contributed by atoms with Crippen molar-refractivity contribution in [1.82, 2.24) is 0 Å². The minimum Gasteiger partial charge on any atom is -0.489 e. The van der Waals surface area contributed by atoms with Crippen LogP contribution in [0, 0.1) is 5.82 Å². The second-order valence-electron chi connectivity index (χ2n) is 6.54. The number of benzene rings is 2. The third-order valence-electron chi connectivity index (χ3n) is 4.66. The van der Waals surface area contributed by atoms with Crippen LogP contribution in [0.25, 0.3) is 0 Å². The molecule has 0 bridgehead atoms. The number of fused-ring (bicyclic) bond motifs is 1. The topological polar surface area (TPSA) is 50.8 Å². The number of carbonyl (C=O) groups is 1. The van der Waals surface area contributed by atoms with Gasteiger partial charge in [0.05, 0.1) is 12.2 Å². The van der Waals surface area contributed by atoms with Gasteiger partial charge in [-0.3, -0.25) is 0 Å². The molecule has 144 valence electrons. The predicted molar refractivity (Wildman–Crippen MR) is 104 cm³/mol. The van der Waals surface area contributed by atoms with E-state index in [9.17, 15) is 9.18 Å². The van der Waals surface area contributed by atoms with Crippen molar-refractivity contribution < 1.29 is 18.7 Å². The summed E-state index contributed by atoms with van der Waals surface area (Å²) in [5, 5.41) is 3.41. The number of carbonyl (C=O) groups excluding carboxylic acids is 1. The molecule has 0 saturated heterocycles. The summed E-state index contributed by atoms with van der Waals surface area (Å²) in [5.41, 5.74) is 3.06. The molecule has 3 rings (SSSR count). The quantitative estimate of drug-likeness (QED) is 0.541. The maximum Gasteiger partial charge on any atom is 0.149 e. The van der Waals surface area contributed by atoms with Gasteiger partial charge in [0.15, 0.2) is 0 Å². The van der Waals surface area contributed by atoms with Crippen LogP contribution in [-0.4, -0.2) is 45.7 Å². The summed E-state index contributed by atoms with van der Waals surface area (Å²) in [6.45, 7) is 3.10. The fourth-order valence-electron chi connectivity index (χ4n) is 3.16. The molecule has 0 amide bonds. The average Bonchev–Trinajstić information content (AvgIpc) is 2.70. The van der Waals surface area contributed by atoms with Crippen LogP contribution in [0.1, 0.15) is 12.0 Å².